The molecule has 2 aromatic rings. The molecular weight excluding hydrogens is 334 g/mol. The van der Waals surface area contributed by atoms with Crippen LogP contribution in [0.2, 0.25) is 0 Å². The molecule has 2 heterocycles. The molecule has 26 heavy (non-hydrogen) atoms. The Labute approximate surface area is 151 Å². The van der Waals surface area contributed by atoms with Gasteiger partial charge >= 0.3 is 12.0 Å². The first-order valence-electron chi connectivity index (χ1n) is 8.61. The van der Waals surface area contributed by atoms with Gasteiger partial charge in [-0.05, 0) is 30.5 Å². The zero-order valence-corrected chi connectivity index (χ0v) is 14.7. The molecule has 8 nitrogen and oxygen atoms in total. The van der Waals surface area contributed by atoms with Gasteiger partial charge in [-0.25, -0.2) is 9.59 Å². The van der Waals surface area contributed by atoms with Gasteiger partial charge in [0.25, 0.3) is 0 Å². The van der Waals surface area contributed by atoms with Crippen LogP contribution >= 0.6 is 0 Å². The summed E-state index contributed by atoms with van der Waals surface area (Å²) in [7, 11) is 1.89. The van der Waals surface area contributed by atoms with E-state index in [1.165, 1.54) is 12.1 Å². The number of carbonyl (C=O) groups is 2. The quantitative estimate of drug-likeness (QED) is 0.755. The van der Waals surface area contributed by atoms with Gasteiger partial charge < -0.3 is 20.6 Å². The number of aryl methyl sites for hydroxylation is 1. The monoisotopic (exact) mass is 357 g/mol. The average molecular weight is 357 g/mol. The summed E-state index contributed by atoms with van der Waals surface area (Å²) in [6, 6.07) is 6.33. The predicted octanol–water partition coefficient (Wildman–Crippen LogP) is 1.59. The van der Waals surface area contributed by atoms with Crippen LogP contribution in [0.3, 0.4) is 0 Å². The highest BCUT2D eigenvalue weighted by atomic mass is 16.4. The molecule has 1 aromatic heterocycles. The van der Waals surface area contributed by atoms with Crippen LogP contribution in [0.5, 0.6) is 0 Å². The number of nitrogens with zero attached hydrogens (tertiary/aromatic N) is 3. The number of anilines is 1. The van der Waals surface area contributed by atoms with Gasteiger partial charge in [0, 0.05) is 38.9 Å². The minimum atomic E-state index is -0.960. The van der Waals surface area contributed by atoms with Gasteiger partial charge in [-0.3, -0.25) is 4.68 Å². The minimum Gasteiger partial charge on any atom is -0.478 e. The Morgan fingerprint density at radius 2 is 2.08 bits per heavy atom. The fraction of sp³-hybridized carbons (Fsp3) is 0.389. The lowest BCUT2D eigenvalue weighted by Gasteiger charge is -2.33. The van der Waals surface area contributed by atoms with E-state index in [1.807, 2.05) is 19.4 Å². The zero-order valence-electron chi connectivity index (χ0n) is 14.7. The summed E-state index contributed by atoms with van der Waals surface area (Å²) in [4.78, 5) is 25.2. The van der Waals surface area contributed by atoms with Crippen molar-refractivity contribution in [3.63, 3.8) is 0 Å². The van der Waals surface area contributed by atoms with E-state index in [1.54, 1.807) is 16.8 Å². The standard InChI is InChI=1S/C18H23N5O3/c1-22-12-16(10-20-22)23-8-2-3-15(11-23)21-18(26)19-9-13-4-6-14(7-5-13)17(24)25/h4-7,10,12,15H,2-3,8-9,11H2,1H3,(H,24,25)(H2,19,21,26). The van der Waals surface area contributed by atoms with Crippen molar-refractivity contribution in [3.05, 3.63) is 47.8 Å². The van der Waals surface area contributed by atoms with Gasteiger partial charge in [0.2, 0.25) is 0 Å². The highest BCUT2D eigenvalue weighted by Gasteiger charge is 2.22. The van der Waals surface area contributed by atoms with Crippen molar-refractivity contribution in [2.75, 3.05) is 18.0 Å². The van der Waals surface area contributed by atoms with E-state index in [0.717, 1.165) is 37.2 Å². The predicted molar refractivity (Wildman–Crippen MR) is 97.2 cm³/mol. The summed E-state index contributed by atoms with van der Waals surface area (Å²) in [5.41, 5.74) is 2.15. The molecule has 3 N–H and O–H groups in total. The molecule has 1 unspecified atom stereocenters. The SMILES string of the molecule is Cn1cc(N2CCCC(NC(=O)NCc3ccc(C(=O)O)cc3)C2)cn1. The fourth-order valence-electron chi connectivity index (χ4n) is 3.09. The van der Waals surface area contributed by atoms with E-state index in [4.69, 9.17) is 5.11 Å². The van der Waals surface area contributed by atoms with E-state index < -0.39 is 5.97 Å². The number of carbonyl (C=O) groups excluding carboxylic acids is 1. The number of carboxylic acid groups (broad SMARTS) is 1. The first-order chi connectivity index (χ1) is 12.5. The van der Waals surface area contributed by atoms with Gasteiger partial charge in [-0.1, -0.05) is 12.1 Å². The third-order valence-electron chi connectivity index (χ3n) is 4.47. The Hall–Kier alpha value is -3.03. The van der Waals surface area contributed by atoms with Crippen LogP contribution in [0.1, 0.15) is 28.8 Å². The van der Waals surface area contributed by atoms with E-state index >= 15 is 0 Å². The van der Waals surface area contributed by atoms with E-state index in [2.05, 4.69) is 20.6 Å². The molecule has 1 aliphatic heterocycles. The lowest BCUT2D eigenvalue weighted by atomic mass is 10.1. The van der Waals surface area contributed by atoms with Crippen LogP contribution in [-0.4, -0.2) is 46.0 Å². The Kier molecular flexibility index (Phi) is 5.40. The minimum absolute atomic E-state index is 0.0818. The molecule has 1 atom stereocenters. The van der Waals surface area contributed by atoms with Crippen molar-refractivity contribution in [2.45, 2.75) is 25.4 Å². The average Bonchev–Trinajstić information content (AvgIpc) is 3.07. The number of aromatic nitrogens is 2. The summed E-state index contributed by atoms with van der Waals surface area (Å²) >= 11 is 0. The number of rotatable bonds is 5. The number of aromatic carboxylic acids is 1. The molecule has 0 spiro atoms. The first kappa shape index (κ1) is 17.8. The normalized spacial score (nSPS) is 17.0. The van der Waals surface area contributed by atoms with E-state index in [0.29, 0.717) is 6.54 Å². The smallest absolute Gasteiger partial charge is 0.335 e. The van der Waals surface area contributed by atoms with Gasteiger partial charge in [0.1, 0.15) is 0 Å². The Morgan fingerprint density at radius 3 is 2.73 bits per heavy atom. The number of amides is 2. The molecule has 0 bridgehead atoms. The second-order valence-corrected chi connectivity index (χ2v) is 6.49. The number of piperidine rings is 1. The van der Waals surface area contributed by atoms with Crippen molar-refractivity contribution in [1.29, 1.82) is 0 Å². The van der Waals surface area contributed by atoms with Gasteiger partial charge in [-0.2, -0.15) is 5.10 Å². The van der Waals surface area contributed by atoms with Crippen LogP contribution in [0.25, 0.3) is 0 Å². The summed E-state index contributed by atoms with van der Waals surface area (Å²) < 4.78 is 1.77. The molecule has 1 aliphatic rings. The Morgan fingerprint density at radius 1 is 1.31 bits per heavy atom. The fourth-order valence-corrected chi connectivity index (χ4v) is 3.09. The molecule has 0 aliphatic carbocycles. The third kappa shape index (κ3) is 4.53. The van der Waals surface area contributed by atoms with Crippen LogP contribution in [0, 0.1) is 0 Å². The van der Waals surface area contributed by atoms with Crippen molar-refractivity contribution in [2.24, 2.45) is 7.05 Å². The highest BCUT2D eigenvalue weighted by molar-refractivity contribution is 5.87. The van der Waals surface area contributed by atoms with E-state index in [-0.39, 0.29) is 17.6 Å². The van der Waals surface area contributed by atoms with Crippen molar-refractivity contribution >= 4 is 17.7 Å². The second kappa shape index (κ2) is 7.90. The molecule has 1 saturated heterocycles. The largest absolute Gasteiger partial charge is 0.478 e. The molecule has 1 fully saturated rings. The maximum atomic E-state index is 12.2. The number of benzene rings is 1. The van der Waals surface area contributed by atoms with Gasteiger partial charge in [0.05, 0.1) is 17.4 Å². The third-order valence-corrected chi connectivity index (χ3v) is 4.47. The summed E-state index contributed by atoms with van der Waals surface area (Å²) in [6.07, 6.45) is 5.76. The molecular formula is C18H23N5O3. The van der Waals surface area contributed by atoms with Gasteiger partial charge in [-0.15, -0.1) is 0 Å². The van der Waals surface area contributed by atoms with Crippen molar-refractivity contribution in [1.82, 2.24) is 20.4 Å². The maximum absolute atomic E-state index is 12.2. The summed E-state index contributed by atoms with van der Waals surface area (Å²) in [5.74, 6) is -0.960. The van der Waals surface area contributed by atoms with Crippen molar-refractivity contribution in [3.8, 4) is 0 Å². The number of carboxylic acids is 1. The van der Waals surface area contributed by atoms with Crippen LogP contribution in [0.15, 0.2) is 36.7 Å². The maximum Gasteiger partial charge on any atom is 0.335 e. The lowest BCUT2D eigenvalue weighted by molar-refractivity contribution is 0.0697. The molecule has 0 radical (unpaired) electrons. The Balaban J connectivity index is 1.47. The summed E-state index contributed by atoms with van der Waals surface area (Å²) in [5, 5.41) is 18.9. The molecule has 1 aromatic carbocycles. The second-order valence-electron chi connectivity index (χ2n) is 6.49. The Bertz CT molecular complexity index is 771. The number of nitrogens with one attached hydrogen (secondary N) is 2. The summed E-state index contributed by atoms with van der Waals surface area (Å²) in [6.45, 7) is 2.07. The van der Waals surface area contributed by atoms with Crippen LogP contribution in [0.4, 0.5) is 10.5 Å². The van der Waals surface area contributed by atoms with E-state index in [9.17, 15) is 9.59 Å². The topological polar surface area (TPSA) is 99.5 Å². The number of hydrogen-bond donors (Lipinski definition) is 3. The molecule has 0 saturated carbocycles. The van der Waals surface area contributed by atoms with Crippen LogP contribution < -0.4 is 15.5 Å². The molecule has 8 heteroatoms. The molecule has 138 valence electrons. The number of hydrogen-bond acceptors (Lipinski definition) is 4. The van der Waals surface area contributed by atoms with Gasteiger partial charge in [0.15, 0.2) is 0 Å². The molecule has 3 rings (SSSR count). The zero-order chi connectivity index (χ0) is 18.5. The first-order valence-corrected chi connectivity index (χ1v) is 8.61. The van der Waals surface area contributed by atoms with Crippen LogP contribution in [-0.2, 0) is 13.6 Å². The molecule has 2 amide bonds. The van der Waals surface area contributed by atoms with Crippen molar-refractivity contribution < 1.29 is 14.7 Å². The number of urea groups is 1. The highest BCUT2D eigenvalue weighted by Crippen LogP contribution is 2.18. The lowest BCUT2D eigenvalue weighted by Crippen LogP contribution is -2.50.